The lowest BCUT2D eigenvalue weighted by Crippen LogP contribution is -2.41. The number of hydrogen-bond donors (Lipinski definition) is 1. The van der Waals surface area contributed by atoms with Gasteiger partial charge in [0, 0.05) is 5.56 Å². The van der Waals surface area contributed by atoms with Gasteiger partial charge in [0.15, 0.2) is 0 Å². The summed E-state index contributed by atoms with van der Waals surface area (Å²) in [4.78, 5) is 13.2. The molecule has 3 aromatic carbocycles. The highest BCUT2D eigenvalue weighted by Crippen LogP contribution is 2.29. The van der Waals surface area contributed by atoms with Crippen molar-refractivity contribution in [2.45, 2.75) is 31.2 Å². The van der Waals surface area contributed by atoms with Crippen LogP contribution in [-0.4, -0.2) is 35.1 Å². The molecule has 3 rings (SSSR count). The Labute approximate surface area is 201 Å². The molecule has 0 radical (unpaired) electrons. The number of hydrogen-bond acceptors (Lipinski definition) is 5. The van der Waals surface area contributed by atoms with E-state index in [-0.39, 0.29) is 11.4 Å². The number of ether oxygens (including phenoxy) is 2. The topological polar surface area (TPSA) is 84.9 Å². The molecule has 180 valence electrons. The highest BCUT2D eigenvalue weighted by atomic mass is 32.2. The van der Waals surface area contributed by atoms with Crippen LogP contribution in [0.1, 0.15) is 31.0 Å². The summed E-state index contributed by atoms with van der Waals surface area (Å²) in [6.07, 6.45) is 0.825. The normalized spacial score (nSPS) is 12.0. The molecule has 0 aromatic heterocycles. The van der Waals surface area contributed by atoms with Gasteiger partial charge in [-0.2, -0.15) is 0 Å². The van der Waals surface area contributed by atoms with Gasteiger partial charge in [-0.25, -0.2) is 8.42 Å². The molecule has 3 aromatic rings. The number of rotatable bonds is 10. The Morgan fingerprint density at radius 3 is 2.24 bits per heavy atom. The smallest absolute Gasteiger partial charge is 0.264 e. The molecule has 1 N–H and O–H groups in total. The van der Waals surface area contributed by atoms with Gasteiger partial charge in [0.05, 0.1) is 30.8 Å². The van der Waals surface area contributed by atoms with Crippen LogP contribution < -0.4 is 19.1 Å². The van der Waals surface area contributed by atoms with E-state index in [4.69, 9.17) is 9.47 Å². The highest BCUT2D eigenvalue weighted by molar-refractivity contribution is 7.92. The van der Waals surface area contributed by atoms with Crippen molar-refractivity contribution >= 4 is 21.6 Å². The summed E-state index contributed by atoms with van der Waals surface area (Å²) in [5.74, 6) is 0.773. The molecule has 0 saturated heterocycles. The Morgan fingerprint density at radius 2 is 1.65 bits per heavy atom. The third kappa shape index (κ3) is 5.69. The van der Waals surface area contributed by atoms with Gasteiger partial charge in [0.2, 0.25) is 5.91 Å². The SMILES string of the molecule is CCc1ccc(N(CC(=O)N[C@@H](C)c2cc(OC)ccc2OC)S(=O)(=O)c2ccccc2)cc1. The van der Waals surface area contributed by atoms with Crippen molar-refractivity contribution in [2.75, 3.05) is 25.1 Å². The van der Waals surface area contributed by atoms with E-state index in [9.17, 15) is 13.2 Å². The second kappa shape index (κ2) is 11.1. The van der Waals surface area contributed by atoms with E-state index in [1.807, 2.05) is 19.1 Å². The number of carbonyl (C=O) groups excluding carboxylic acids is 1. The number of methoxy groups -OCH3 is 2. The van der Waals surface area contributed by atoms with E-state index in [2.05, 4.69) is 5.32 Å². The lowest BCUT2D eigenvalue weighted by molar-refractivity contribution is -0.120. The molecule has 8 heteroatoms. The van der Waals surface area contributed by atoms with Crippen LogP contribution in [0.5, 0.6) is 11.5 Å². The average molecular weight is 483 g/mol. The number of aryl methyl sites for hydroxylation is 1. The first-order chi connectivity index (χ1) is 16.3. The molecule has 0 aliphatic carbocycles. The van der Waals surface area contributed by atoms with E-state index < -0.39 is 22.0 Å². The Bertz CT molecular complexity index is 1210. The van der Waals surface area contributed by atoms with E-state index in [1.54, 1.807) is 69.7 Å². The fourth-order valence-corrected chi connectivity index (χ4v) is 5.05. The minimum atomic E-state index is -3.96. The van der Waals surface area contributed by atoms with Gasteiger partial charge in [0.25, 0.3) is 10.0 Å². The summed E-state index contributed by atoms with van der Waals surface area (Å²) in [6, 6.07) is 20.1. The zero-order valence-corrected chi connectivity index (χ0v) is 20.6. The maximum Gasteiger partial charge on any atom is 0.264 e. The molecule has 0 fully saturated rings. The molecular formula is C26H30N2O5S. The van der Waals surface area contributed by atoms with Crippen LogP contribution in [0.4, 0.5) is 5.69 Å². The average Bonchev–Trinajstić information content (AvgIpc) is 2.87. The van der Waals surface area contributed by atoms with E-state index in [1.165, 1.54) is 12.1 Å². The number of sulfonamides is 1. The van der Waals surface area contributed by atoms with Gasteiger partial charge >= 0.3 is 0 Å². The second-order valence-electron chi connectivity index (χ2n) is 7.74. The predicted octanol–water partition coefficient (Wildman–Crippen LogP) is 4.34. The first-order valence-corrected chi connectivity index (χ1v) is 12.4. The van der Waals surface area contributed by atoms with Crippen LogP contribution in [0.2, 0.25) is 0 Å². The summed E-state index contributed by atoms with van der Waals surface area (Å²) < 4.78 is 38.8. The molecule has 7 nitrogen and oxygen atoms in total. The second-order valence-corrected chi connectivity index (χ2v) is 9.60. The number of anilines is 1. The molecule has 1 amide bonds. The number of benzene rings is 3. The van der Waals surface area contributed by atoms with Gasteiger partial charge in [-0.1, -0.05) is 37.3 Å². The number of nitrogens with one attached hydrogen (secondary N) is 1. The molecule has 0 spiro atoms. The maximum atomic E-state index is 13.5. The van der Waals surface area contributed by atoms with Crippen molar-refractivity contribution in [1.82, 2.24) is 5.32 Å². The first-order valence-electron chi connectivity index (χ1n) is 11.0. The number of amides is 1. The fraction of sp³-hybridized carbons (Fsp3) is 0.269. The molecular weight excluding hydrogens is 452 g/mol. The highest BCUT2D eigenvalue weighted by Gasteiger charge is 2.28. The van der Waals surface area contributed by atoms with Crippen molar-refractivity contribution in [1.29, 1.82) is 0 Å². The molecule has 0 aliphatic heterocycles. The molecule has 0 saturated carbocycles. The maximum absolute atomic E-state index is 13.5. The Balaban J connectivity index is 1.90. The summed E-state index contributed by atoms with van der Waals surface area (Å²) in [6.45, 7) is 3.45. The lowest BCUT2D eigenvalue weighted by Gasteiger charge is -2.25. The van der Waals surface area contributed by atoms with Gasteiger partial charge in [-0.05, 0) is 61.4 Å². The summed E-state index contributed by atoms with van der Waals surface area (Å²) >= 11 is 0. The Kier molecular flexibility index (Phi) is 8.17. The molecule has 0 unspecified atom stereocenters. The standard InChI is InChI=1S/C26H30N2O5S/c1-5-20-11-13-21(14-12-20)28(34(30,31)23-9-7-6-8-10-23)18-26(29)27-19(2)24-17-22(32-3)15-16-25(24)33-4/h6-17,19H,5,18H2,1-4H3,(H,27,29)/t19-/m0/s1. The third-order valence-electron chi connectivity index (χ3n) is 5.53. The minimum absolute atomic E-state index is 0.116. The first kappa shape index (κ1) is 25.1. The van der Waals surface area contributed by atoms with Crippen LogP contribution in [0, 0.1) is 0 Å². The van der Waals surface area contributed by atoms with Gasteiger partial charge in [-0.15, -0.1) is 0 Å². The largest absolute Gasteiger partial charge is 0.497 e. The Hall–Kier alpha value is -3.52. The fourth-order valence-electron chi connectivity index (χ4n) is 3.61. The zero-order valence-electron chi connectivity index (χ0n) is 19.8. The van der Waals surface area contributed by atoms with Crippen molar-refractivity contribution in [2.24, 2.45) is 0 Å². The molecule has 1 atom stereocenters. The lowest BCUT2D eigenvalue weighted by atomic mass is 10.1. The monoisotopic (exact) mass is 482 g/mol. The van der Waals surface area contributed by atoms with Crippen LogP contribution in [0.15, 0.2) is 77.7 Å². The zero-order chi connectivity index (χ0) is 24.7. The van der Waals surface area contributed by atoms with Crippen molar-refractivity contribution in [3.63, 3.8) is 0 Å². The van der Waals surface area contributed by atoms with Gasteiger partial charge < -0.3 is 14.8 Å². The summed E-state index contributed by atoms with van der Waals surface area (Å²) in [5, 5.41) is 2.89. The van der Waals surface area contributed by atoms with E-state index in [0.29, 0.717) is 17.2 Å². The van der Waals surface area contributed by atoms with E-state index >= 15 is 0 Å². The van der Waals surface area contributed by atoms with Crippen molar-refractivity contribution < 1.29 is 22.7 Å². The number of nitrogens with zero attached hydrogens (tertiary/aromatic N) is 1. The van der Waals surface area contributed by atoms with Gasteiger partial charge in [-0.3, -0.25) is 9.10 Å². The Morgan fingerprint density at radius 1 is 0.971 bits per heavy atom. The van der Waals surface area contributed by atoms with Crippen LogP contribution >= 0.6 is 0 Å². The summed E-state index contributed by atoms with van der Waals surface area (Å²) in [7, 11) is -0.855. The minimum Gasteiger partial charge on any atom is -0.497 e. The van der Waals surface area contributed by atoms with Gasteiger partial charge in [0.1, 0.15) is 18.0 Å². The van der Waals surface area contributed by atoms with Crippen LogP contribution in [0.25, 0.3) is 0 Å². The molecule has 0 heterocycles. The van der Waals surface area contributed by atoms with E-state index in [0.717, 1.165) is 21.9 Å². The quantitative estimate of drug-likeness (QED) is 0.465. The van der Waals surface area contributed by atoms with Crippen molar-refractivity contribution in [3.05, 3.63) is 83.9 Å². The summed E-state index contributed by atoms with van der Waals surface area (Å²) in [5.41, 5.74) is 2.21. The molecule has 0 aliphatic rings. The third-order valence-corrected chi connectivity index (χ3v) is 7.32. The molecule has 34 heavy (non-hydrogen) atoms. The van der Waals surface area contributed by atoms with Crippen molar-refractivity contribution in [3.8, 4) is 11.5 Å². The van der Waals surface area contributed by atoms with Crippen LogP contribution in [0.3, 0.4) is 0 Å². The number of carbonyl (C=O) groups is 1. The van der Waals surface area contributed by atoms with Crippen LogP contribution in [-0.2, 0) is 21.2 Å². The predicted molar refractivity (Wildman–Crippen MR) is 133 cm³/mol. The molecule has 0 bridgehead atoms.